The van der Waals surface area contributed by atoms with Crippen molar-refractivity contribution in [1.82, 2.24) is 0 Å². The van der Waals surface area contributed by atoms with Gasteiger partial charge in [0.2, 0.25) is 0 Å². The Balaban J connectivity index is 1.42. The number of benzene rings is 2. The van der Waals surface area contributed by atoms with Crippen LogP contribution in [0.1, 0.15) is 61.6 Å². The second kappa shape index (κ2) is 9.46. The Hall–Kier alpha value is -3.43. The van der Waals surface area contributed by atoms with Crippen LogP contribution in [-0.4, -0.2) is 35.2 Å². The number of phenolic OH excluding ortho intramolecular Hbond substituents is 1. The highest BCUT2D eigenvalue weighted by atomic mass is 19.4. The number of ether oxygens (including phenoxy) is 2. The Morgan fingerprint density at radius 1 is 1.14 bits per heavy atom. The van der Waals surface area contributed by atoms with E-state index in [0.29, 0.717) is 29.4 Å². The predicted octanol–water partition coefficient (Wildman–Crippen LogP) is 6.36. The lowest BCUT2D eigenvalue weighted by Crippen LogP contribution is -2.43. The van der Waals surface area contributed by atoms with Crippen molar-refractivity contribution in [2.75, 3.05) is 7.11 Å². The summed E-state index contributed by atoms with van der Waals surface area (Å²) in [5, 5.41) is 28.2. The fraction of sp³-hybridized carbons (Fsp3) is 0.481. The Morgan fingerprint density at radius 3 is 2.57 bits per heavy atom. The summed E-state index contributed by atoms with van der Waals surface area (Å²) in [6, 6.07) is 8.99. The van der Waals surface area contributed by atoms with Crippen LogP contribution in [0.3, 0.4) is 0 Å². The topological polar surface area (TPSA) is 92.9 Å². The molecule has 0 aliphatic heterocycles. The molecule has 0 aromatic heterocycles. The Bertz CT molecular complexity index is 1230. The summed E-state index contributed by atoms with van der Waals surface area (Å²) < 4.78 is 46.5. The Morgan fingerprint density at radius 2 is 1.89 bits per heavy atom. The van der Waals surface area contributed by atoms with E-state index < -0.39 is 6.36 Å². The van der Waals surface area contributed by atoms with Gasteiger partial charge in [-0.15, -0.1) is 13.2 Å². The Kier molecular flexibility index (Phi) is 6.45. The average molecular weight is 519 g/mol. The lowest BCUT2D eigenvalue weighted by atomic mass is 9.55. The van der Waals surface area contributed by atoms with Gasteiger partial charge in [0, 0.05) is 11.0 Å². The van der Waals surface area contributed by atoms with Gasteiger partial charge in [0.05, 0.1) is 18.5 Å². The molecule has 198 valence electrons. The molecule has 2 fully saturated rings. The molecule has 2 aromatic rings. The van der Waals surface area contributed by atoms with Gasteiger partial charge in [-0.3, -0.25) is 0 Å². The number of aromatic hydroxyl groups is 1. The summed E-state index contributed by atoms with van der Waals surface area (Å²) in [5.41, 5.74) is 3.89. The molecule has 4 atom stereocenters. The molecule has 0 unspecified atom stereocenters. The summed E-state index contributed by atoms with van der Waals surface area (Å²) in [6.45, 7) is 2.24. The number of alkyl halides is 3. The van der Waals surface area contributed by atoms with Crippen molar-refractivity contribution in [3.63, 3.8) is 0 Å². The number of fused-ring (bicyclic) bond motifs is 5. The molecule has 10 heteroatoms. The number of oxime groups is 2. The molecule has 0 saturated heterocycles. The van der Waals surface area contributed by atoms with Crippen LogP contribution in [-0.2, 0) is 11.4 Å². The van der Waals surface area contributed by atoms with E-state index in [9.17, 15) is 23.5 Å². The largest absolute Gasteiger partial charge is 0.573 e. The van der Waals surface area contributed by atoms with Crippen molar-refractivity contribution in [3.05, 3.63) is 53.1 Å². The third-order valence-corrected chi connectivity index (χ3v) is 8.35. The molecule has 2 N–H and O–H groups in total. The van der Waals surface area contributed by atoms with Gasteiger partial charge >= 0.3 is 6.36 Å². The first kappa shape index (κ1) is 25.2. The van der Waals surface area contributed by atoms with Crippen molar-refractivity contribution >= 4 is 11.4 Å². The quantitative estimate of drug-likeness (QED) is 0.355. The molecule has 0 bridgehead atoms. The highest BCUT2D eigenvalue weighted by Crippen LogP contribution is 2.60. The molecular weight excluding hydrogens is 489 g/mol. The second-order valence-corrected chi connectivity index (χ2v) is 10.2. The standard InChI is InChI=1S/C27H29F3N2O5/c1-26-10-9-17-18-13-24(35-2)23(33)12-20(18)22(11-19(17)21(26)7-8-25(26)31-34)32-36-14-15-3-5-16(6-4-15)37-27(28,29)30/h3-6,12-13,17,19,21,33-34H,7-11,14H2,1-2H3/b31-25-,32-22+/t17-,19-,21+,26+/m1/s1. The van der Waals surface area contributed by atoms with E-state index in [2.05, 4.69) is 22.0 Å². The van der Waals surface area contributed by atoms with Crippen LogP contribution in [0.2, 0.25) is 0 Å². The van der Waals surface area contributed by atoms with Crippen LogP contribution < -0.4 is 9.47 Å². The Labute approximate surface area is 212 Å². The van der Waals surface area contributed by atoms with Crippen molar-refractivity contribution < 1.29 is 37.8 Å². The van der Waals surface area contributed by atoms with Crippen LogP contribution >= 0.6 is 0 Å². The fourth-order valence-corrected chi connectivity index (χ4v) is 6.61. The lowest BCUT2D eigenvalue weighted by Gasteiger charge is -2.48. The highest BCUT2D eigenvalue weighted by molar-refractivity contribution is 6.04. The lowest BCUT2D eigenvalue weighted by molar-refractivity contribution is -0.274. The maximum absolute atomic E-state index is 12.4. The van der Waals surface area contributed by atoms with Gasteiger partial charge in [0.1, 0.15) is 12.4 Å². The van der Waals surface area contributed by atoms with E-state index in [4.69, 9.17) is 9.57 Å². The molecule has 0 heterocycles. The predicted molar refractivity (Wildman–Crippen MR) is 129 cm³/mol. The van der Waals surface area contributed by atoms with Gasteiger partial charge in [-0.05, 0) is 85.3 Å². The molecule has 2 aromatic carbocycles. The third-order valence-electron chi connectivity index (χ3n) is 8.35. The molecule has 5 rings (SSSR count). The van der Waals surface area contributed by atoms with Gasteiger partial charge in [0.15, 0.2) is 11.5 Å². The van der Waals surface area contributed by atoms with Crippen LogP contribution in [0.15, 0.2) is 46.7 Å². The van der Waals surface area contributed by atoms with E-state index >= 15 is 0 Å². The van der Waals surface area contributed by atoms with Crippen LogP contribution in [0, 0.1) is 17.3 Å². The van der Waals surface area contributed by atoms with E-state index in [-0.39, 0.29) is 35.4 Å². The maximum atomic E-state index is 12.4. The van der Waals surface area contributed by atoms with Crippen molar-refractivity contribution in [2.24, 2.45) is 27.6 Å². The summed E-state index contributed by atoms with van der Waals surface area (Å²) in [6.07, 6.45) is -0.578. The summed E-state index contributed by atoms with van der Waals surface area (Å²) >= 11 is 0. The van der Waals surface area contributed by atoms with E-state index in [1.807, 2.05) is 6.07 Å². The number of rotatable bonds is 5. The normalized spacial score (nSPS) is 28.9. The minimum atomic E-state index is -4.75. The van der Waals surface area contributed by atoms with Crippen molar-refractivity contribution in [2.45, 2.75) is 57.9 Å². The number of halogens is 3. The number of methoxy groups -OCH3 is 1. The minimum Gasteiger partial charge on any atom is -0.504 e. The summed E-state index contributed by atoms with van der Waals surface area (Å²) in [7, 11) is 1.52. The second-order valence-electron chi connectivity index (χ2n) is 10.2. The van der Waals surface area contributed by atoms with E-state index in [1.54, 1.807) is 6.07 Å². The summed E-state index contributed by atoms with van der Waals surface area (Å²) in [5.74, 6) is 0.933. The van der Waals surface area contributed by atoms with Crippen LogP contribution in [0.25, 0.3) is 0 Å². The number of hydrogen-bond donors (Lipinski definition) is 2. The monoisotopic (exact) mass is 518 g/mol. The van der Waals surface area contributed by atoms with Crippen LogP contribution in [0.4, 0.5) is 13.2 Å². The van der Waals surface area contributed by atoms with Gasteiger partial charge in [0.25, 0.3) is 0 Å². The zero-order valence-electron chi connectivity index (χ0n) is 20.6. The van der Waals surface area contributed by atoms with Crippen LogP contribution in [0.5, 0.6) is 17.2 Å². The first-order chi connectivity index (χ1) is 17.6. The molecule has 37 heavy (non-hydrogen) atoms. The maximum Gasteiger partial charge on any atom is 0.573 e. The van der Waals surface area contributed by atoms with E-state index in [0.717, 1.165) is 42.5 Å². The fourth-order valence-electron chi connectivity index (χ4n) is 6.61. The summed E-state index contributed by atoms with van der Waals surface area (Å²) in [4.78, 5) is 5.66. The molecule has 0 amide bonds. The average Bonchev–Trinajstić information content (AvgIpc) is 3.20. The molecule has 7 nitrogen and oxygen atoms in total. The number of hydrogen-bond acceptors (Lipinski definition) is 7. The zero-order chi connectivity index (χ0) is 26.4. The molecule has 0 radical (unpaired) electrons. The number of phenols is 1. The number of nitrogens with zero attached hydrogens (tertiary/aromatic N) is 2. The van der Waals surface area contributed by atoms with E-state index in [1.165, 1.54) is 31.4 Å². The zero-order valence-corrected chi connectivity index (χ0v) is 20.6. The van der Waals surface area contributed by atoms with Gasteiger partial charge in [-0.2, -0.15) is 0 Å². The third kappa shape index (κ3) is 4.69. The molecule has 0 spiro atoms. The van der Waals surface area contributed by atoms with Gasteiger partial charge < -0.3 is 24.6 Å². The molecular formula is C27H29F3N2O5. The van der Waals surface area contributed by atoms with Gasteiger partial charge in [-0.1, -0.05) is 29.4 Å². The van der Waals surface area contributed by atoms with Crippen molar-refractivity contribution in [3.8, 4) is 17.2 Å². The van der Waals surface area contributed by atoms with Crippen molar-refractivity contribution in [1.29, 1.82) is 0 Å². The molecule has 3 aliphatic carbocycles. The smallest absolute Gasteiger partial charge is 0.504 e. The molecule has 3 aliphatic rings. The highest BCUT2D eigenvalue weighted by Gasteiger charge is 2.54. The first-order valence-electron chi connectivity index (χ1n) is 12.3. The SMILES string of the molecule is COc1cc2c(cc1O)/C(=N/OCc1ccc(OC(F)(F)F)cc1)C[C@@H]1[C@@H]2CC[C@]2(C)/C(=N\O)CC[C@@H]12. The molecule has 2 saturated carbocycles. The first-order valence-corrected chi connectivity index (χ1v) is 12.3. The van der Waals surface area contributed by atoms with Gasteiger partial charge in [-0.25, -0.2) is 0 Å². The minimum absolute atomic E-state index is 0.0175.